The van der Waals surface area contributed by atoms with Crippen molar-refractivity contribution in [2.24, 2.45) is 5.92 Å². The summed E-state index contributed by atoms with van der Waals surface area (Å²) < 4.78 is 51.8. The van der Waals surface area contributed by atoms with Crippen molar-refractivity contribution < 1.29 is 16.8 Å². The quantitative estimate of drug-likeness (QED) is 0.693. The third-order valence-corrected chi connectivity index (χ3v) is 6.70. The number of halogens is 1. The van der Waals surface area contributed by atoms with Crippen molar-refractivity contribution >= 4 is 31.6 Å². The molecule has 0 fully saturated rings. The van der Waals surface area contributed by atoms with E-state index in [1.54, 1.807) is 6.92 Å². The van der Waals surface area contributed by atoms with Crippen LogP contribution in [0.25, 0.3) is 0 Å². The highest BCUT2D eigenvalue weighted by molar-refractivity contribution is 7.89. The van der Waals surface area contributed by atoms with Crippen molar-refractivity contribution in [1.82, 2.24) is 9.03 Å². The van der Waals surface area contributed by atoms with Crippen LogP contribution in [-0.4, -0.2) is 47.0 Å². The summed E-state index contributed by atoms with van der Waals surface area (Å²) in [6.07, 6.45) is 1.85. The topological polar surface area (TPSA) is 83.6 Å². The average molecular weight is 397 g/mol. The van der Waals surface area contributed by atoms with Crippen LogP contribution in [0, 0.1) is 12.8 Å². The molecular weight excluding hydrogens is 372 g/mol. The molecule has 0 aliphatic heterocycles. The standard InChI is InChI=1S/C15H25ClN2O4S2/c1-12(2)7-9-18(23(4,19)20)10-8-17-24(21,22)14-5-6-15(16)13(3)11-14/h5-6,11-12,17H,7-10H2,1-4H3. The second kappa shape index (κ2) is 8.62. The Morgan fingerprint density at radius 1 is 1.17 bits per heavy atom. The van der Waals surface area contributed by atoms with E-state index in [4.69, 9.17) is 11.6 Å². The van der Waals surface area contributed by atoms with Crippen molar-refractivity contribution in [2.75, 3.05) is 25.9 Å². The van der Waals surface area contributed by atoms with Crippen molar-refractivity contribution in [1.29, 1.82) is 0 Å². The second-order valence-corrected chi connectivity index (χ2v) is 10.3. The number of hydrogen-bond acceptors (Lipinski definition) is 4. The van der Waals surface area contributed by atoms with E-state index in [0.717, 1.165) is 12.7 Å². The number of nitrogens with zero attached hydrogens (tertiary/aromatic N) is 1. The van der Waals surface area contributed by atoms with Gasteiger partial charge in [0.15, 0.2) is 0 Å². The molecule has 24 heavy (non-hydrogen) atoms. The predicted octanol–water partition coefficient (Wildman–Crippen LogP) is 2.23. The number of aryl methyl sites for hydroxylation is 1. The lowest BCUT2D eigenvalue weighted by Crippen LogP contribution is -2.38. The average Bonchev–Trinajstić information content (AvgIpc) is 2.43. The molecule has 6 nitrogen and oxygen atoms in total. The van der Waals surface area contributed by atoms with Crippen LogP contribution in [-0.2, 0) is 20.0 Å². The molecule has 0 atom stereocenters. The molecule has 0 unspecified atom stereocenters. The molecule has 0 aliphatic carbocycles. The minimum absolute atomic E-state index is 0.00910. The van der Waals surface area contributed by atoms with Crippen LogP contribution in [0.3, 0.4) is 0 Å². The summed E-state index contributed by atoms with van der Waals surface area (Å²) in [5.74, 6) is 0.364. The molecule has 0 amide bonds. The first-order valence-electron chi connectivity index (χ1n) is 7.64. The van der Waals surface area contributed by atoms with E-state index < -0.39 is 20.0 Å². The summed E-state index contributed by atoms with van der Waals surface area (Å²) in [5, 5.41) is 0.492. The zero-order valence-electron chi connectivity index (χ0n) is 14.4. The molecule has 1 aromatic rings. The van der Waals surface area contributed by atoms with Gasteiger partial charge in [-0.05, 0) is 43.0 Å². The fourth-order valence-corrected chi connectivity index (χ4v) is 4.10. The zero-order chi connectivity index (χ0) is 18.5. The Kier molecular flexibility index (Phi) is 7.68. The number of sulfonamides is 2. The monoisotopic (exact) mass is 396 g/mol. The Morgan fingerprint density at radius 2 is 1.79 bits per heavy atom. The maximum absolute atomic E-state index is 12.3. The third-order valence-electron chi connectivity index (χ3n) is 3.52. The van der Waals surface area contributed by atoms with Crippen LogP contribution in [0.5, 0.6) is 0 Å². The summed E-state index contributed by atoms with van der Waals surface area (Å²) in [6.45, 7) is 6.21. The SMILES string of the molecule is Cc1cc(S(=O)(=O)NCCN(CCC(C)C)S(C)(=O)=O)ccc1Cl. The first-order valence-corrected chi connectivity index (χ1v) is 11.4. The fourth-order valence-electron chi connectivity index (χ4n) is 2.02. The molecule has 0 spiro atoms. The van der Waals surface area contributed by atoms with Crippen LogP contribution in [0.15, 0.2) is 23.1 Å². The molecule has 0 saturated heterocycles. The maximum Gasteiger partial charge on any atom is 0.240 e. The van der Waals surface area contributed by atoms with Gasteiger partial charge < -0.3 is 0 Å². The van der Waals surface area contributed by atoms with Crippen LogP contribution < -0.4 is 4.72 Å². The van der Waals surface area contributed by atoms with Gasteiger partial charge in [-0.3, -0.25) is 0 Å². The van der Waals surface area contributed by atoms with E-state index in [9.17, 15) is 16.8 Å². The first-order chi connectivity index (χ1) is 10.9. The van der Waals surface area contributed by atoms with Gasteiger partial charge in [-0.25, -0.2) is 25.9 Å². The van der Waals surface area contributed by atoms with Crippen LogP contribution in [0.1, 0.15) is 25.8 Å². The fraction of sp³-hybridized carbons (Fsp3) is 0.600. The lowest BCUT2D eigenvalue weighted by atomic mass is 10.1. The summed E-state index contributed by atoms with van der Waals surface area (Å²) in [6, 6.07) is 4.43. The Bertz CT molecular complexity index is 762. The van der Waals surface area contributed by atoms with Crippen LogP contribution in [0.4, 0.5) is 0 Å². The molecule has 138 valence electrons. The van der Waals surface area contributed by atoms with Gasteiger partial charge in [-0.2, -0.15) is 0 Å². The van der Waals surface area contributed by atoms with Crippen LogP contribution in [0.2, 0.25) is 5.02 Å². The summed E-state index contributed by atoms with van der Waals surface area (Å²) in [7, 11) is -7.08. The number of benzene rings is 1. The molecule has 0 bridgehead atoms. The lowest BCUT2D eigenvalue weighted by molar-refractivity contribution is 0.385. The Morgan fingerprint density at radius 3 is 2.29 bits per heavy atom. The van der Waals surface area contributed by atoms with Gasteiger partial charge in [0, 0.05) is 24.7 Å². The number of rotatable bonds is 9. The Labute approximate surface area is 150 Å². The Hall–Kier alpha value is -0.670. The highest BCUT2D eigenvalue weighted by atomic mass is 35.5. The maximum atomic E-state index is 12.3. The molecule has 0 aliphatic rings. The van der Waals surface area contributed by atoms with Gasteiger partial charge in [0.05, 0.1) is 11.2 Å². The predicted molar refractivity (Wildman–Crippen MR) is 97.2 cm³/mol. The molecular formula is C15H25ClN2O4S2. The highest BCUT2D eigenvalue weighted by Gasteiger charge is 2.19. The van der Waals surface area contributed by atoms with E-state index in [1.165, 1.54) is 22.5 Å². The van der Waals surface area contributed by atoms with Crippen molar-refractivity contribution in [3.05, 3.63) is 28.8 Å². The minimum Gasteiger partial charge on any atom is -0.213 e. The van der Waals surface area contributed by atoms with E-state index in [2.05, 4.69) is 4.72 Å². The van der Waals surface area contributed by atoms with Gasteiger partial charge in [0.2, 0.25) is 20.0 Å². The van der Waals surface area contributed by atoms with Crippen molar-refractivity contribution in [3.8, 4) is 0 Å². The van der Waals surface area contributed by atoms with Gasteiger partial charge >= 0.3 is 0 Å². The summed E-state index contributed by atoms with van der Waals surface area (Å²) in [4.78, 5) is 0.109. The molecule has 9 heteroatoms. The second-order valence-electron chi connectivity index (χ2n) is 6.15. The van der Waals surface area contributed by atoms with Gasteiger partial charge in [-0.15, -0.1) is 0 Å². The summed E-state index contributed by atoms with van der Waals surface area (Å²) >= 11 is 5.90. The van der Waals surface area contributed by atoms with E-state index in [1.807, 2.05) is 13.8 Å². The number of nitrogens with one attached hydrogen (secondary N) is 1. The van der Waals surface area contributed by atoms with Crippen molar-refractivity contribution in [2.45, 2.75) is 32.1 Å². The lowest BCUT2D eigenvalue weighted by Gasteiger charge is -2.21. The largest absolute Gasteiger partial charge is 0.240 e. The van der Waals surface area contributed by atoms with E-state index in [0.29, 0.717) is 23.0 Å². The third kappa shape index (κ3) is 6.68. The summed E-state index contributed by atoms with van der Waals surface area (Å²) in [5.41, 5.74) is 0.661. The van der Waals surface area contributed by atoms with Gasteiger partial charge in [0.1, 0.15) is 0 Å². The van der Waals surface area contributed by atoms with Gasteiger partial charge in [-0.1, -0.05) is 25.4 Å². The molecule has 1 aromatic carbocycles. The number of hydrogen-bond donors (Lipinski definition) is 1. The minimum atomic E-state index is -3.70. The normalized spacial score (nSPS) is 13.0. The van der Waals surface area contributed by atoms with E-state index >= 15 is 0 Å². The molecule has 0 radical (unpaired) electrons. The molecule has 1 rings (SSSR count). The highest BCUT2D eigenvalue weighted by Crippen LogP contribution is 2.19. The van der Waals surface area contributed by atoms with E-state index in [-0.39, 0.29) is 18.0 Å². The molecule has 0 saturated carbocycles. The Balaban J connectivity index is 2.73. The smallest absolute Gasteiger partial charge is 0.213 e. The van der Waals surface area contributed by atoms with Gasteiger partial charge in [0.25, 0.3) is 0 Å². The first kappa shape index (κ1) is 21.4. The molecule has 0 aromatic heterocycles. The zero-order valence-corrected chi connectivity index (χ0v) is 16.8. The molecule has 1 N–H and O–H groups in total. The van der Waals surface area contributed by atoms with Crippen molar-refractivity contribution in [3.63, 3.8) is 0 Å². The van der Waals surface area contributed by atoms with Crippen LogP contribution >= 0.6 is 11.6 Å². The molecule has 0 heterocycles.